The van der Waals surface area contributed by atoms with E-state index in [9.17, 15) is 14.4 Å². The molecule has 0 N–H and O–H groups in total. The van der Waals surface area contributed by atoms with Gasteiger partial charge in [0.2, 0.25) is 5.91 Å². The Morgan fingerprint density at radius 2 is 1.81 bits per heavy atom. The fraction of sp³-hybridized carbons (Fsp3) is 0.250. The molecular formula is C24H22N2O4S. The second-order valence-corrected chi connectivity index (χ2v) is 8.75. The molecule has 158 valence electrons. The van der Waals surface area contributed by atoms with Gasteiger partial charge in [0.25, 0.3) is 0 Å². The minimum absolute atomic E-state index is 0.0524. The zero-order valence-electron chi connectivity index (χ0n) is 17.3. The number of benzene rings is 2. The lowest BCUT2D eigenvalue weighted by Gasteiger charge is -2.12. The smallest absolute Gasteiger partial charge is 0.311 e. The summed E-state index contributed by atoms with van der Waals surface area (Å²) < 4.78 is 5.22. The summed E-state index contributed by atoms with van der Waals surface area (Å²) >= 11 is 1.43. The first kappa shape index (κ1) is 20.9. The summed E-state index contributed by atoms with van der Waals surface area (Å²) in [6.45, 7) is 3.77. The molecule has 1 atom stereocenters. The number of ketones is 1. The van der Waals surface area contributed by atoms with Gasteiger partial charge in [-0.2, -0.15) is 0 Å². The number of thiazole rings is 1. The van der Waals surface area contributed by atoms with Crippen LogP contribution in [0.3, 0.4) is 0 Å². The number of Topliss-reactive ketones (excluding diaryl/α,β-unsaturated/α-hetero) is 1. The summed E-state index contributed by atoms with van der Waals surface area (Å²) in [6.07, 6.45) is 0.0524. The van der Waals surface area contributed by atoms with E-state index in [4.69, 9.17) is 4.74 Å². The second kappa shape index (κ2) is 8.81. The van der Waals surface area contributed by atoms with E-state index in [1.165, 1.54) is 16.2 Å². The molecule has 0 aliphatic carbocycles. The van der Waals surface area contributed by atoms with Gasteiger partial charge in [0.05, 0.1) is 11.6 Å². The van der Waals surface area contributed by atoms with Gasteiger partial charge in [0, 0.05) is 29.0 Å². The molecule has 0 bridgehead atoms. The van der Waals surface area contributed by atoms with Crippen molar-refractivity contribution in [2.24, 2.45) is 5.92 Å². The van der Waals surface area contributed by atoms with Crippen LogP contribution in [-0.2, 0) is 14.3 Å². The van der Waals surface area contributed by atoms with Gasteiger partial charge in [-0.1, -0.05) is 60.2 Å². The van der Waals surface area contributed by atoms with Crippen molar-refractivity contribution >= 4 is 34.1 Å². The van der Waals surface area contributed by atoms with E-state index in [0.29, 0.717) is 10.7 Å². The third kappa shape index (κ3) is 4.56. The van der Waals surface area contributed by atoms with Crippen LogP contribution in [0.2, 0.25) is 0 Å². The van der Waals surface area contributed by atoms with Crippen LogP contribution in [0.4, 0.5) is 5.13 Å². The lowest BCUT2D eigenvalue weighted by atomic mass is 10.1. The van der Waals surface area contributed by atoms with E-state index in [2.05, 4.69) is 4.98 Å². The summed E-state index contributed by atoms with van der Waals surface area (Å²) in [6, 6.07) is 16.9. The molecule has 1 saturated heterocycles. The van der Waals surface area contributed by atoms with E-state index in [1.807, 2.05) is 56.3 Å². The lowest BCUT2D eigenvalue weighted by Crippen LogP contribution is -2.27. The Morgan fingerprint density at radius 3 is 2.52 bits per heavy atom. The minimum atomic E-state index is -0.609. The van der Waals surface area contributed by atoms with Gasteiger partial charge in [0.15, 0.2) is 17.5 Å². The van der Waals surface area contributed by atoms with Crippen LogP contribution in [0.1, 0.15) is 27.2 Å². The second-order valence-electron chi connectivity index (χ2n) is 7.57. The Morgan fingerprint density at radius 1 is 1.10 bits per heavy atom. The monoisotopic (exact) mass is 434 g/mol. The molecule has 7 heteroatoms. The molecule has 2 heterocycles. The molecule has 31 heavy (non-hydrogen) atoms. The van der Waals surface area contributed by atoms with Crippen LogP contribution in [0.25, 0.3) is 11.3 Å². The molecule has 0 radical (unpaired) electrons. The number of aryl methyl sites for hydroxylation is 2. The van der Waals surface area contributed by atoms with Gasteiger partial charge in [-0.25, -0.2) is 4.98 Å². The Bertz CT molecular complexity index is 1120. The number of anilines is 1. The van der Waals surface area contributed by atoms with Crippen LogP contribution in [0, 0.1) is 19.8 Å². The molecule has 4 rings (SSSR count). The number of amides is 1. The first-order chi connectivity index (χ1) is 14.9. The summed E-state index contributed by atoms with van der Waals surface area (Å²) in [4.78, 5) is 44.5. The van der Waals surface area contributed by atoms with E-state index >= 15 is 0 Å². The van der Waals surface area contributed by atoms with Gasteiger partial charge in [0.1, 0.15) is 0 Å². The van der Waals surface area contributed by atoms with E-state index in [0.717, 1.165) is 21.7 Å². The van der Waals surface area contributed by atoms with Gasteiger partial charge >= 0.3 is 5.97 Å². The van der Waals surface area contributed by atoms with Crippen LogP contribution >= 0.6 is 11.3 Å². The number of hydrogen-bond acceptors (Lipinski definition) is 6. The molecule has 1 amide bonds. The van der Waals surface area contributed by atoms with Crippen molar-refractivity contribution in [3.8, 4) is 11.3 Å². The lowest BCUT2D eigenvalue weighted by molar-refractivity contribution is -0.147. The normalized spacial score (nSPS) is 15.9. The zero-order chi connectivity index (χ0) is 22.0. The third-order valence-electron chi connectivity index (χ3n) is 5.24. The van der Waals surface area contributed by atoms with E-state index in [-0.39, 0.29) is 31.3 Å². The summed E-state index contributed by atoms with van der Waals surface area (Å²) in [7, 11) is 0. The van der Waals surface area contributed by atoms with Crippen molar-refractivity contribution in [1.82, 2.24) is 4.98 Å². The number of carbonyl (C=O) groups excluding carboxylic acids is 3. The van der Waals surface area contributed by atoms with Gasteiger partial charge in [-0.3, -0.25) is 19.3 Å². The molecule has 6 nitrogen and oxygen atoms in total. The Labute approximate surface area is 184 Å². The highest BCUT2D eigenvalue weighted by Gasteiger charge is 2.38. The van der Waals surface area contributed by atoms with Gasteiger partial charge in [-0.05, 0) is 13.8 Å². The molecule has 0 spiro atoms. The van der Waals surface area contributed by atoms with Gasteiger partial charge < -0.3 is 4.74 Å². The molecule has 3 aromatic rings. The average Bonchev–Trinajstić information content (AvgIpc) is 3.35. The van der Waals surface area contributed by atoms with Crippen molar-refractivity contribution in [3.05, 3.63) is 70.6 Å². The summed E-state index contributed by atoms with van der Waals surface area (Å²) in [5.41, 5.74) is 3.36. The SMILES string of the molecule is Cc1ccc(C(=O)COC(=O)[C@@H]2CC(=O)N(c3nc(-c4ccccc4)c(C)s3)C2)cc1. The average molecular weight is 435 g/mol. The number of rotatable bonds is 6. The van der Waals surface area contributed by atoms with E-state index < -0.39 is 11.9 Å². The van der Waals surface area contributed by atoms with Crippen molar-refractivity contribution in [1.29, 1.82) is 0 Å². The number of hydrogen-bond donors (Lipinski definition) is 0. The highest BCUT2D eigenvalue weighted by Crippen LogP contribution is 2.35. The molecule has 0 unspecified atom stereocenters. The quantitative estimate of drug-likeness (QED) is 0.429. The van der Waals surface area contributed by atoms with Crippen LogP contribution < -0.4 is 4.90 Å². The molecule has 0 saturated carbocycles. The fourth-order valence-corrected chi connectivity index (χ4v) is 4.45. The Balaban J connectivity index is 1.39. The minimum Gasteiger partial charge on any atom is -0.457 e. The molecule has 2 aromatic carbocycles. The number of aromatic nitrogens is 1. The molecule has 1 aliphatic rings. The van der Waals surface area contributed by atoms with Crippen LogP contribution in [0.15, 0.2) is 54.6 Å². The van der Waals surface area contributed by atoms with E-state index in [1.54, 1.807) is 12.1 Å². The van der Waals surface area contributed by atoms with Crippen molar-refractivity contribution < 1.29 is 19.1 Å². The number of nitrogens with zero attached hydrogens (tertiary/aromatic N) is 2. The number of carbonyl (C=O) groups is 3. The topological polar surface area (TPSA) is 76.6 Å². The Kier molecular flexibility index (Phi) is 5.95. The molecule has 1 aromatic heterocycles. The van der Waals surface area contributed by atoms with Crippen molar-refractivity contribution in [3.63, 3.8) is 0 Å². The van der Waals surface area contributed by atoms with Crippen molar-refractivity contribution in [2.75, 3.05) is 18.1 Å². The maximum atomic E-state index is 12.6. The van der Waals surface area contributed by atoms with Crippen LogP contribution in [-0.4, -0.2) is 35.8 Å². The first-order valence-corrected chi connectivity index (χ1v) is 10.8. The Hall–Kier alpha value is -3.32. The zero-order valence-corrected chi connectivity index (χ0v) is 18.1. The largest absolute Gasteiger partial charge is 0.457 e. The summed E-state index contributed by atoms with van der Waals surface area (Å²) in [5.74, 6) is -1.58. The number of ether oxygens (including phenoxy) is 1. The molecule has 1 fully saturated rings. The highest BCUT2D eigenvalue weighted by atomic mass is 32.1. The van der Waals surface area contributed by atoms with Crippen LogP contribution in [0.5, 0.6) is 0 Å². The maximum Gasteiger partial charge on any atom is 0.311 e. The van der Waals surface area contributed by atoms with Crippen molar-refractivity contribution in [2.45, 2.75) is 20.3 Å². The molecule has 1 aliphatic heterocycles. The predicted octanol–water partition coefficient (Wildman–Crippen LogP) is 4.21. The van der Waals surface area contributed by atoms with Gasteiger partial charge in [-0.15, -0.1) is 11.3 Å². The fourth-order valence-electron chi connectivity index (χ4n) is 3.49. The summed E-state index contributed by atoms with van der Waals surface area (Å²) in [5, 5.41) is 0.576. The standard InChI is InChI=1S/C24H22N2O4S/c1-15-8-10-17(11-9-15)20(27)14-30-23(29)19-12-21(28)26(13-19)24-25-22(16(2)31-24)18-6-4-3-5-7-18/h3-11,19H,12-14H2,1-2H3/t19-/m1/s1. The first-order valence-electron chi connectivity index (χ1n) is 10.0. The maximum absolute atomic E-state index is 12.6. The predicted molar refractivity (Wildman–Crippen MR) is 119 cm³/mol. The third-order valence-corrected chi connectivity index (χ3v) is 6.23. The molecular weight excluding hydrogens is 412 g/mol. The highest BCUT2D eigenvalue weighted by molar-refractivity contribution is 7.16. The number of esters is 1.